The third kappa shape index (κ3) is 1.39. The molecule has 0 bridgehead atoms. The van der Waals surface area contributed by atoms with Gasteiger partial charge in [-0.15, -0.1) is 0 Å². The van der Waals surface area contributed by atoms with Gasteiger partial charge in [0, 0.05) is 6.04 Å². The van der Waals surface area contributed by atoms with E-state index in [1.807, 2.05) is 0 Å². The van der Waals surface area contributed by atoms with Gasteiger partial charge in [-0.3, -0.25) is 0 Å². The van der Waals surface area contributed by atoms with Gasteiger partial charge in [0.15, 0.2) is 0 Å². The minimum atomic E-state index is 0.850. The molecule has 70 valence electrons. The summed E-state index contributed by atoms with van der Waals surface area (Å²) in [6, 6.07) is 0.850. The Hall–Kier alpha value is -0.0400. The SMILES string of the molecule is CC1CCC(C)C2NCCCC12. The summed E-state index contributed by atoms with van der Waals surface area (Å²) in [5.74, 6) is 2.88. The van der Waals surface area contributed by atoms with Crippen molar-refractivity contribution >= 4 is 0 Å². The Morgan fingerprint density at radius 3 is 2.50 bits per heavy atom. The van der Waals surface area contributed by atoms with Crippen molar-refractivity contribution in [1.29, 1.82) is 0 Å². The molecule has 12 heavy (non-hydrogen) atoms. The molecule has 0 spiro atoms. The van der Waals surface area contributed by atoms with Crippen LogP contribution in [0.5, 0.6) is 0 Å². The van der Waals surface area contributed by atoms with Gasteiger partial charge in [0.2, 0.25) is 0 Å². The third-order valence-corrected chi connectivity index (χ3v) is 3.98. The van der Waals surface area contributed by atoms with Crippen LogP contribution in [-0.4, -0.2) is 12.6 Å². The molecule has 2 fully saturated rings. The van der Waals surface area contributed by atoms with E-state index >= 15 is 0 Å². The second-order valence-electron chi connectivity index (χ2n) is 4.82. The summed E-state index contributed by atoms with van der Waals surface area (Å²) in [6.45, 7) is 6.12. The van der Waals surface area contributed by atoms with E-state index in [-0.39, 0.29) is 0 Å². The van der Waals surface area contributed by atoms with Gasteiger partial charge in [0.05, 0.1) is 0 Å². The molecule has 2 rings (SSSR count). The monoisotopic (exact) mass is 167 g/mol. The second-order valence-corrected chi connectivity index (χ2v) is 4.82. The fourth-order valence-electron chi connectivity index (χ4n) is 3.12. The van der Waals surface area contributed by atoms with Crippen molar-refractivity contribution in [3.63, 3.8) is 0 Å². The molecule has 1 heterocycles. The van der Waals surface area contributed by atoms with Gasteiger partial charge in [-0.2, -0.15) is 0 Å². The first-order valence-electron chi connectivity index (χ1n) is 5.52. The summed E-state index contributed by atoms with van der Waals surface area (Å²) < 4.78 is 0. The Balaban J connectivity index is 2.05. The first-order valence-corrected chi connectivity index (χ1v) is 5.52. The molecule has 1 aliphatic heterocycles. The fourth-order valence-corrected chi connectivity index (χ4v) is 3.12. The van der Waals surface area contributed by atoms with Crippen molar-refractivity contribution in [2.75, 3.05) is 6.54 Å². The van der Waals surface area contributed by atoms with Gasteiger partial charge in [0.1, 0.15) is 0 Å². The van der Waals surface area contributed by atoms with Crippen LogP contribution in [0, 0.1) is 17.8 Å². The van der Waals surface area contributed by atoms with Crippen LogP contribution in [-0.2, 0) is 0 Å². The van der Waals surface area contributed by atoms with Crippen molar-refractivity contribution in [1.82, 2.24) is 5.32 Å². The molecule has 1 heteroatoms. The third-order valence-electron chi connectivity index (χ3n) is 3.98. The smallest absolute Gasteiger partial charge is 0.0123 e. The van der Waals surface area contributed by atoms with Gasteiger partial charge in [0.25, 0.3) is 0 Å². The zero-order chi connectivity index (χ0) is 8.55. The van der Waals surface area contributed by atoms with Crippen LogP contribution in [0.25, 0.3) is 0 Å². The van der Waals surface area contributed by atoms with E-state index in [0.29, 0.717) is 0 Å². The maximum atomic E-state index is 3.70. The zero-order valence-electron chi connectivity index (χ0n) is 8.34. The topological polar surface area (TPSA) is 12.0 Å². The lowest BCUT2D eigenvalue weighted by Crippen LogP contribution is -2.50. The maximum absolute atomic E-state index is 3.70. The highest BCUT2D eigenvalue weighted by Gasteiger charge is 2.36. The number of hydrogen-bond acceptors (Lipinski definition) is 1. The van der Waals surface area contributed by atoms with E-state index in [1.165, 1.54) is 32.2 Å². The molecule has 1 nitrogen and oxygen atoms in total. The second kappa shape index (κ2) is 3.37. The number of piperidine rings is 1. The molecule has 1 aliphatic carbocycles. The van der Waals surface area contributed by atoms with Crippen LogP contribution >= 0.6 is 0 Å². The van der Waals surface area contributed by atoms with Crippen LogP contribution < -0.4 is 5.32 Å². The van der Waals surface area contributed by atoms with Crippen LogP contribution in [0.1, 0.15) is 39.5 Å². The van der Waals surface area contributed by atoms with Crippen LogP contribution in [0.15, 0.2) is 0 Å². The number of nitrogens with one attached hydrogen (secondary N) is 1. The van der Waals surface area contributed by atoms with Crippen molar-refractivity contribution in [3.05, 3.63) is 0 Å². The average molecular weight is 167 g/mol. The lowest BCUT2D eigenvalue weighted by atomic mass is 9.68. The van der Waals surface area contributed by atoms with Crippen LogP contribution in [0.3, 0.4) is 0 Å². The van der Waals surface area contributed by atoms with Gasteiger partial charge in [-0.1, -0.05) is 20.3 Å². The molecular weight excluding hydrogens is 146 g/mol. The summed E-state index contributed by atoms with van der Waals surface area (Å²) in [5.41, 5.74) is 0. The Bertz CT molecular complexity index is 137. The lowest BCUT2D eigenvalue weighted by molar-refractivity contribution is 0.105. The van der Waals surface area contributed by atoms with Gasteiger partial charge >= 0.3 is 0 Å². The molecule has 1 saturated carbocycles. The highest BCUT2D eigenvalue weighted by Crippen LogP contribution is 2.38. The molecule has 2 aliphatic rings. The van der Waals surface area contributed by atoms with E-state index < -0.39 is 0 Å². The molecule has 1 saturated heterocycles. The summed E-state index contributed by atoms with van der Waals surface area (Å²) >= 11 is 0. The number of rotatable bonds is 0. The largest absolute Gasteiger partial charge is 0.313 e. The molecule has 0 radical (unpaired) electrons. The summed E-state index contributed by atoms with van der Waals surface area (Å²) in [4.78, 5) is 0. The Morgan fingerprint density at radius 2 is 1.75 bits per heavy atom. The predicted octanol–water partition coefficient (Wildman–Crippen LogP) is 2.42. The average Bonchev–Trinajstić information content (AvgIpc) is 2.12. The molecule has 0 aromatic heterocycles. The highest BCUT2D eigenvalue weighted by atomic mass is 14.9. The molecule has 4 atom stereocenters. The molecule has 0 amide bonds. The fraction of sp³-hybridized carbons (Fsp3) is 1.00. The highest BCUT2D eigenvalue weighted by molar-refractivity contribution is 4.91. The summed E-state index contributed by atoms with van der Waals surface area (Å²) in [7, 11) is 0. The van der Waals surface area contributed by atoms with Crippen molar-refractivity contribution in [2.45, 2.75) is 45.6 Å². The predicted molar refractivity (Wildman–Crippen MR) is 52.1 cm³/mol. The summed E-state index contributed by atoms with van der Waals surface area (Å²) in [5, 5.41) is 3.70. The van der Waals surface area contributed by atoms with E-state index in [4.69, 9.17) is 0 Å². The van der Waals surface area contributed by atoms with E-state index in [9.17, 15) is 0 Å². The van der Waals surface area contributed by atoms with Gasteiger partial charge < -0.3 is 5.32 Å². The van der Waals surface area contributed by atoms with E-state index in [0.717, 1.165) is 23.8 Å². The van der Waals surface area contributed by atoms with Crippen molar-refractivity contribution in [3.8, 4) is 0 Å². The molecule has 0 aromatic rings. The number of hydrogen-bond donors (Lipinski definition) is 1. The van der Waals surface area contributed by atoms with E-state index in [1.54, 1.807) is 0 Å². The zero-order valence-corrected chi connectivity index (χ0v) is 8.34. The minimum absolute atomic E-state index is 0.850. The van der Waals surface area contributed by atoms with Crippen molar-refractivity contribution in [2.24, 2.45) is 17.8 Å². The normalized spacial score (nSPS) is 48.5. The quantitative estimate of drug-likeness (QED) is 0.584. The lowest BCUT2D eigenvalue weighted by Gasteiger charge is -2.44. The van der Waals surface area contributed by atoms with E-state index in [2.05, 4.69) is 19.2 Å². The van der Waals surface area contributed by atoms with Gasteiger partial charge in [-0.25, -0.2) is 0 Å². The Kier molecular flexibility index (Phi) is 2.40. The molecule has 0 aromatic carbocycles. The maximum Gasteiger partial charge on any atom is 0.0123 e. The number of fused-ring (bicyclic) bond motifs is 1. The molecule has 1 N–H and O–H groups in total. The van der Waals surface area contributed by atoms with Gasteiger partial charge in [-0.05, 0) is 43.6 Å². The summed E-state index contributed by atoms with van der Waals surface area (Å²) in [6.07, 6.45) is 5.78. The Morgan fingerprint density at radius 1 is 1.00 bits per heavy atom. The van der Waals surface area contributed by atoms with Crippen LogP contribution in [0.2, 0.25) is 0 Å². The minimum Gasteiger partial charge on any atom is -0.313 e. The standard InChI is InChI=1S/C11H21N/c1-8-5-6-9(2)11-10(8)4-3-7-12-11/h8-12H,3-7H2,1-2H3. The van der Waals surface area contributed by atoms with Crippen molar-refractivity contribution < 1.29 is 0 Å². The molecule has 4 unspecified atom stereocenters. The first kappa shape index (κ1) is 8.55. The van der Waals surface area contributed by atoms with Crippen LogP contribution in [0.4, 0.5) is 0 Å². The first-order chi connectivity index (χ1) is 5.79. The molecular formula is C11H21N. The Labute approximate surface area is 75.9 Å².